The van der Waals surface area contributed by atoms with E-state index >= 15 is 0 Å². The van der Waals surface area contributed by atoms with Gasteiger partial charge < -0.3 is 15.4 Å². The molecule has 0 aliphatic heterocycles. The zero-order chi connectivity index (χ0) is 18.9. The first-order valence-corrected chi connectivity index (χ1v) is 8.06. The first kappa shape index (κ1) is 19.4. The molecule has 0 heterocycles. The predicted molar refractivity (Wildman–Crippen MR) is 94.4 cm³/mol. The lowest BCUT2D eigenvalue weighted by Gasteiger charge is -2.07. The molecule has 0 aliphatic rings. The molecule has 2 aromatic rings. The van der Waals surface area contributed by atoms with Crippen molar-refractivity contribution in [3.05, 3.63) is 64.9 Å². The van der Waals surface area contributed by atoms with Crippen LogP contribution in [0.5, 0.6) is 0 Å². The van der Waals surface area contributed by atoms with Crippen LogP contribution in [0.2, 0.25) is 5.02 Å². The van der Waals surface area contributed by atoms with Crippen molar-refractivity contribution in [2.45, 2.75) is 6.42 Å². The number of ether oxygens (including phenoxy) is 1. The molecule has 0 aliphatic carbocycles. The van der Waals surface area contributed by atoms with Crippen LogP contribution in [-0.2, 0) is 14.3 Å². The number of carbonyl (C=O) groups is 3. The fraction of sp³-hybridized carbons (Fsp3) is 0.167. The van der Waals surface area contributed by atoms with Crippen LogP contribution in [-0.4, -0.2) is 30.9 Å². The number of nitrogens with one attached hydrogen (secondary N) is 2. The Morgan fingerprint density at radius 1 is 1.08 bits per heavy atom. The summed E-state index contributed by atoms with van der Waals surface area (Å²) in [6.45, 7) is -0.438. The third-order valence-corrected chi connectivity index (χ3v) is 3.45. The van der Waals surface area contributed by atoms with E-state index in [1.807, 2.05) is 0 Å². The molecule has 2 N–H and O–H groups in total. The molecule has 0 spiro atoms. The van der Waals surface area contributed by atoms with Gasteiger partial charge in [0.05, 0.1) is 6.42 Å². The first-order chi connectivity index (χ1) is 12.4. The zero-order valence-electron chi connectivity index (χ0n) is 13.6. The summed E-state index contributed by atoms with van der Waals surface area (Å²) in [6.07, 6.45) is -0.0907. The van der Waals surface area contributed by atoms with Crippen molar-refractivity contribution >= 4 is 35.1 Å². The summed E-state index contributed by atoms with van der Waals surface area (Å²) in [7, 11) is 0. The second kappa shape index (κ2) is 9.53. The molecule has 2 aromatic carbocycles. The molecule has 0 radical (unpaired) electrons. The number of benzene rings is 2. The average Bonchev–Trinajstić information content (AvgIpc) is 2.60. The Hall–Kier alpha value is -2.93. The highest BCUT2D eigenvalue weighted by Gasteiger charge is 2.10. The highest BCUT2D eigenvalue weighted by Crippen LogP contribution is 2.10. The molecule has 0 bridgehead atoms. The third-order valence-electron chi connectivity index (χ3n) is 3.19. The van der Waals surface area contributed by atoms with Gasteiger partial charge in [-0.3, -0.25) is 14.4 Å². The van der Waals surface area contributed by atoms with Crippen molar-refractivity contribution in [3.8, 4) is 0 Å². The largest absolute Gasteiger partial charge is 0.456 e. The summed E-state index contributed by atoms with van der Waals surface area (Å²) in [5.74, 6) is -2.07. The molecule has 0 aromatic heterocycles. The van der Waals surface area contributed by atoms with Crippen molar-refractivity contribution in [1.29, 1.82) is 0 Å². The Morgan fingerprint density at radius 3 is 2.50 bits per heavy atom. The maximum atomic E-state index is 13.0. The van der Waals surface area contributed by atoms with Gasteiger partial charge in [-0.15, -0.1) is 0 Å². The van der Waals surface area contributed by atoms with Crippen LogP contribution in [0.25, 0.3) is 0 Å². The smallest absolute Gasteiger partial charge is 0.308 e. The van der Waals surface area contributed by atoms with Crippen LogP contribution in [0, 0.1) is 5.82 Å². The van der Waals surface area contributed by atoms with Crippen LogP contribution < -0.4 is 10.6 Å². The lowest BCUT2D eigenvalue weighted by Crippen LogP contribution is -2.27. The summed E-state index contributed by atoms with van der Waals surface area (Å²) in [5.41, 5.74) is 0.679. The number of hydrogen-bond donors (Lipinski definition) is 2. The van der Waals surface area contributed by atoms with Crippen molar-refractivity contribution < 1.29 is 23.5 Å². The molecule has 0 saturated heterocycles. The monoisotopic (exact) mass is 378 g/mol. The van der Waals surface area contributed by atoms with Gasteiger partial charge in [0.1, 0.15) is 5.82 Å². The van der Waals surface area contributed by atoms with E-state index in [1.54, 1.807) is 24.3 Å². The van der Waals surface area contributed by atoms with Gasteiger partial charge in [0.25, 0.3) is 11.8 Å². The number of anilines is 1. The van der Waals surface area contributed by atoms with E-state index in [2.05, 4.69) is 10.6 Å². The molecular weight excluding hydrogens is 363 g/mol. The Labute approximate surface area is 154 Å². The highest BCUT2D eigenvalue weighted by molar-refractivity contribution is 6.30. The lowest BCUT2D eigenvalue weighted by molar-refractivity contribution is -0.147. The Bertz CT molecular complexity index is 796. The van der Waals surface area contributed by atoms with Gasteiger partial charge in [-0.25, -0.2) is 4.39 Å². The minimum Gasteiger partial charge on any atom is -0.456 e. The molecule has 136 valence electrons. The third kappa shape index (κ3) is 6.52. The van der Waals surface area contributed by atoms with Crippen LogP contribution >= 0.6 is 11.6 Å². The van der Waals surface area contributed by atoms with Gasteiger partial charge >= 0.3 is 5.97 Å². The van der Waals surface area contributed by atoms with E-state index in [1.165, 1.54) is 18.2 Å². The van der Waals surface area contributed by atoms with Crippen molar-refractivity contribution in [2.75, 3.05) is 18.5 Å². The van der Waals surface area contributed by atoms with Crippen LogP contribution in [0.15, 0.2) is 48.5 Å². The normalized spacial score (nSPS) is 10.1. The molecular formula is C18H16ClFN2O4. The number of esters is 1. The molecule has 6 nitrogen and oxygen atoms in total. The SMILES string of the molecule is O=C(COC(=O)CCNC(=O)c1ccc(Cl)cc1)Nc1cccc(F)c1. The van der Waals surface area contributed by atoms with E-state index in [0.717, 1.165) is 6.07 Å². The number of hydrogen-bond acceptors (Lipinski definition) is 4. The standard InChI is InChI=1S/C18H16ClFN2O4/c19-13-6-4-12(5-7-13)18(25)21-9-8-17(24)26-11-16(23)22-15-3-1-2-14(20)10-15/h1-7,10H,8-9,11H2,(H,21,25)(H,22,23). The maximum Gasteiger partial charge on any atom is 0.308 e. The topological polar surface area (TPSA) is 84.5 Å². The fourth-order valence-electron chi connectivity index (χ4n) is 1.96. The van der Waals surface area contributed by atoms with E-state index in [-0.39, 0.29) is 24.6 Å². The number of rotatable bonds is 7. The number of amides is 2. The molecule has 2 amide bonds. The number of halogens is 2. The van der Waals surface area contributed by atoms with Crippen molar-refractivity contribution in [2.24, 2.45) is 0 Å². The summed E-state index contributed by atoms with van der Waals surface area (Å²) < 4.78 is 17.8. The summed E-state index contributed by atoms with van der Waals surface area (Å²) >= 11 is 5.74. The lowest BCUT2D eigenvalue weighted by atomic mass is 10.2. The highest BCUT2D eigenvalue weighted by atomic mass is 35.5. The van der Waals surface area contributed by atoms with Crippen LogP contribution in [0.4, 0.5) is 10.1 Å². The Balaban J connectivity index is 1.66. The van der Waals surface area contributed by atoms with Gasteiger partial charge in [0.2, 0.25) is 0 Å². The molecule has 2 rings (SSSR count). The van der Waals surface area contributed by atoms with Gasteiger partial charge in [0.15, 0.2) is 6.61 Å². The van der Waals surface area contributed by atoms with Crippen molar-refractivity contribution in [1.82, 2.24) is 5.32 Å². The molecule has 0 atom stereocenters. The second-order valence-electron chi connectivity index (χ2n) is 5.23. The van der Waals surface area contributed by atoms with Crippen LogP contribution in [0.1, 0.15) is 16.8 Å². The molecule has 0 fully saturated rings. The zero-order valence-corrected chi connectivity index (χ0v) is 14.4. The first-order valence-electron chi connectivity index (χ1n) is 7.69. The summed E-state index contributed by atoms with van der Waals surface area (Å²) in [5, 5.41) is 5.48. The molecule has 8 heteroatoms. The van der Waals surface area contributed by atoms with Crippen LogP contribution in [0.3, 0.4) is 0 Å². The second-order valence-corrected chi connectivity index (χ2v) is 5.67. The molecule has 0 saturated carbocycles. The van der Waals surface area contributed by atoms with E-state index in [0.29, 0.717) is 10.6 Å². The summed E-state index contributed by atoms with van der Waals surface area (Å²) in [4.78, 5) is 35.1. The quantitative estimate of drug-likeness (QED) is 0.725. The minimum atomic E-state index is -0.643. The van der Waals surface area contributed by atoms with Gasteiger partial charge in [-0.05, 0) is 42.5 Å². The number of carbonyl (C=O) groups excluding carboxylic acids is 3. The van der Waals surface area contributed by atoms with Gasteiger partial charge in [-0.2, -0.15) is 0 Å². The minimum absolute atomic E-state index is 0.0613. The fourth-order valence-corrected chi connectivity index (χ4v) is 2.09. The maximum absolute atomic E-state index is 13.0. The Kier molecular flexibility index (Phi) is 7.11. The predicted octanol–water partition coefficient (Wildman–Crippen LogP) is 2.78. The van der Waals surface area contributed by atoms with Crippen molar-refractivity contribution in [3.63, 3.8) is 0 Å². The van der Waals surface area contributed by atoms with E-state index in [9.17, 15) is 18.8 Å². The van der Waals surface area contributed by atoms with E-state index < -0.39 is 24.3 Å². The van der Waals surface area contributed by atoms with Gasteiger partial charge in [0, 0.05) is 22.8 Å². The van der Waals surface area contributed by atoms with E-state index in [4.69, 9.17) is 16.3 Å². The molecule has 26 heavy (non-hydrogen) atoms. The molecule has 0 unspecified atom stereocenters. The summed E-state index contributed by atoms with van der Waals surface area (Å²) in [6, 6.07) is 11.6. The van der Waals surface area contributed by atoms with Gasteiger partial charge in [-0.1, -0.05) is 17.7 Å². The Morgan fingerprint density at radius 2 is 1.81 bits per heavy atom. The average molecular weight is 379 g/mol.